The molecule has 2 aromatic carbocycles. The van der Waals surface area contributed by atoms with Gasteiger partial charge in [0.2, 0.25) is 5.79 Å². The van der Waals surface area contributed by atoms with Crippen molar-refractivity contribution < 1.29 is 34.1 Å². The Morgan fingerprint density at radius 2 is 1.82 bits per heavy atom. The number of carbonyl (C=O) groups excluding carboxylic acids is 1. The number of ether oxygens (including phenoxy) is 3. The number of allylic oxidation sites excluding steroid dienone is 1. The first-order valence-electron chi connectivity index (χ1n) is 18.6. The zero-order valence-electron chi connectivity index (χ0n) is 29.3. The maximum absolute atomic E-state index is 11.5. The Hall–Kier alpha value is -3.11. The maximum atomic E-state index is 11.5. The molecule has 1 aliphatic heterocycles. The number of nitrogens with zero attached hydrogens (tertiary/aromatic N) is 1. The van der Waals surface area contributed by atoms with Gasteiger partial charge in [0.05, 0.1) is 23.5 Å². The van der Waals surface area contributed by atoms with Crippen LogP contribution in [-0.4, -0.2) is 64.9 Å². The average molecular weight is 704 g/mol. The van der Waals surface area contributed by atoms with E-state index in [0.717, 1.165) is 67.4 Å². The number of aldehydes is 1. The van der Waals surface area contributed by atoms with E-state index in [1.807, 2.05) is 49.0 Å². The van der Waals surface area contributed by atoms with E-state index in [9.17, 15) is 15.0 Å². The molecule has 50 heavy (non-hydrogen) atoms. The zero-order valence-corrected chi connectivity index (χ0v) is 30.2. The summed E-state index contributed by atoms with van der Waals surface area (Å²) in [6, 6.07) is 13.3. The van der Waals surface area contributed by atoms with Crippen LogP contribution in [0, 0.1) is 17.8 Å². The SMILES string of the molecule is C=CCO[C@@]12Oc3ccc(Oc4cccc(C=O)c4)cc3[C@H]3[C@H](CCCCO)[C@@H](CCCCO)C=C(C(=NOCC)C[C@@H]1SC1CCCC1)[C@H]32. The number of rotatable bonds is 18. The van der Waals surface area contributed by atoms with E-state index in [2.05, 4.69) is 18.7 Å². The number of hydrogen-bond donors (Lipinski definition) is 2. The van der Waals surface area contributed by atoms with Gasteiger partial charge in [-0.25, -0.2) is 0 Å². The average Bonchev–Trinajstić information content (AvgIpc) is 3.65. The summed E-state index contributed by atoms with van der Waals surface area (Å²) < 4.78 is 20.7. The molecule has 0 radical (unpaired) electrons. The molecule has 2 saturated carbocycles. The summed E-state index contributed by atoms with van der Waals surface area (Å²) >= 11 is 2.00. The minimum Gasteiger partial charge on any atom is -0.460 e. The van der Waals surface area contributed by atoms with Crippen LogP contribution in [0.1, 0.15) is 99.4 Å². The van der Waals surface area contributed by atoms with E-state index in [-0.39, 0.29) is 42.1 Å². The van der Waals surface area contributed by atoms with Crippen molar-refractivity contribution in [3.8, 4) is 17.2 Å². The van der Waals surface area contributed by atoms with Crippen LogP contribution in [0.2, 0.25) is 0 Å². The van der Waals surface area contributed by atoms with E-state index < -0.39 is 5.79 Å². The number of hydrogen-bond acceptors (Lipinski definition) is 9. The van der Waals surface area contributed by atoms with Gasteiger partial charge in [-0.2, -0.15) is 0 Å². The molecule has 0 aromatic heterocycles. The number of oxime groups is 1. The minimum atomic E-state index is -0.956. The highest BCUT2D eigenvalue weighted by molar-refractivity contribution is 8.00. The summed E-state index contributed by atoms with van der Waals surface area (Å²) in [5, 5.41) is 24.9. The summed E-state index contributed by atoms with van der Waals surface area (Å²) in [6.45, 7) is 7.17. The molecule has 0 amide bonds. The van der Waals surface area contributed by atoms with Crippen LogP contribution in [0.5, 0.6) is 17.2 Å². The van der Waals surface area contributed by atoms with Crippen LogP contribution in [-0.2, 0) is 9.57 Å². The van der Waals surface area contributed by atoms with E-state index in [4.69, 9.17) is 24.2 Å². The highest BCUT2D eigenvalue weighted by atomic mass is 32.2. The number of fused-ring (bicyclic) bond motifs is 2. The van der Waals surface area contributed by atoms with Crippen molar-refractivity contribution in [3.05, 3.63) is 77.9 Å². The molecule has 0 bridgehead atoms. The number of carbonyl (C=O) groups is 1. The monoisotopic (exact) mass is 703 g/mol. The normalized spacial score (nSPS) is 27.9. The number of aliphatic hydroxyl groups excluding tert-OH is 2. The molecule has 6 rings (SSSR count). The van der Waals surface area contributed by atoms with Gasteiger partial charge in [0, 0.05) is 41.9 Å². The molecule has 2 aromatic rings. The standard InChI is InChI=1S/C41H53NO7S/c1-3-22-46-41-38(50-32-15-5-6-16-32)26-36(42-47-4-2)34-24-29(13-7-9-20-43)33(17-8-10-21-44)39(40(34)41)35-25-31(18-19-37(35)49-41)48-30-14-11-12-28(23-30)27-45/h3,11-12,14,18-19,23-25,27,29,32-33,38-40,43-44H,1,4-10,13,15-17,20-22,26H2,2H3/t29-,33+,38-,39+,40+,41+/m0/s1. The minimum absolute atomic E-state index is 0.00467. The van der Waals surface area contributed by atoms with E-state index in [0.29, 0.717) is 41.9 Å². The second-order valence-corrected chi connectivity index (χ2v) is 15.5. The third-order valence-electron chi connectivity index (χ3n) is 10.8. The fraction of sp³-hybridized carbons (Fsp3) is 0.561. The fourth-order valence-corrected chi connectivity index (χ4v) is 10.5. The summed E-state index contributed by atoms with van der Waals surface area (Å²) in [5.74, 6) is 1.40. The van der Waals surface area contributed by atoms with Gasteiger partial charge in [-0.05, 0) is 93.2 Å². The van der Waals surface area contributed by atoms with Crippen molar-refractivity contribution in [1.82, 2.24) is 0 Å². The second kappa shape index (κ2) is 17.4. The topological polar surface area (TPSA) is 107 Å². The molecular formula is C41H53NO7S. The summed E-state index contributed by atoms with van der Waals surface area (Å²) in [5.41, 5.74) is 3.74. The molecule has 1 heterocycles. The summed E-state index contributed by atoms with van der Waals surface area (Å²) in [4.78, 5) is 17.3. The second-order valence-electron chi connectivity index (χ2n) is 14.0. The van der Waals surface area contributed by atoms with Crippen LogP contribution in [0.25, 0.3) is 0 Å². The van der Waals surface area contributed by atoms with Crippen molar-refractivity contribution in [3.63, 3.8) is 0 Å². The van der Waals surface area contributed by atoms with Gasteiger partial charge in [0.1, 0.15) is 30.1 Å². The zero-order chi connectivity index (χ0) is 34.9. The molecular weight excluding hydrogens is 651 g/mol. The lowest BCUT2D eigenvalue weighted by Gasteiger charge is -2.58. The van der Waals surface area contributed by atoms with Crippen LogP contribution in [0.3, 0.4) is 0 Å². The Balaban J connectivity index is 1.53. The molecule has 6 atom stereocenters. The largest absolute Gasteiger partial charge is 0.460 e. The van der Waals surface area contributed by atoms with E-state index >= 15 is 0 Å². The van der Waals surface area contributed by atoms with Gasteiger partial charge < -0.3 is 29.3 Å². The quantitative estimate of drug-likeness (QED) is 0.0688. The van der Waals surface area contributed by atoms with Gasteiger partial charge in [0.15, 0.2) is 0 Å². The third kappa shape index (κ3) is 7.86. The van der Waals surface area contributed by atoms with Crippen LogP contribution < -0.4 is 9.47 Å². The van der Waals surface area contributed by atoms with Gasteiger partial charge in [-0.15, -0.1) is 18.3 Å². The van der Waals surface area contributed by atoms with Crippen molar-refractivity contribution in [2.24, 2.45) is 22.9 Å². The Labute approximate surface area is 301 Å². The van der Waals surface area contributed by atoms with Gasteiger partial charge in [0.25, 0.3) is 0 Å². The molecule has 2 fully saturated rings. The lowest BCUT2D eigenvalue weighted by Crippen LogP contribution is -2.64. The molecule has 8 nitrogen and oxygen atoms in total. The molecule has 0 saturated heterocycles. The van der Waals surface area contributed by atoms with Gasteiger partial charge >= 0.3 is 0 Å². The maximum Gasteiger partial charge on any atom is 0.230 e. The van der Waals surface area contributed by atoms with Crippen molar-refractivity contribution in [2.75, 3.05) is 26.4 Å². The Morgan fingerprint density at radius 1 is 1.04 bits per heavy atom. The molecule has 4 aliphatic rings. The van der Waals surface area contributed by atoms with Gasteiger partial charge in [-0.3, -0.25) is 4.79 Å². The number of benzene rings is 2. The van der Waals surface area contributed by atoms with Crippen LogP contribution in [0.4, 0.5) is 0 Å². The highest BCUT2D eigenvalue weighted by Crippen LogP contribution is 2.63. The van der Waals surface area contributed by atoms with Crippen molar-refractivity contribution >= 4 is 23.8 Å². The highest BCUT2D eigenvalue weighted by Gasteiger charge is 2.64. The predicted octanol–water partition coefficient (Wildman–Crippen LogP) is 8.62. The van der Waals surface area contributed by atoms with E-state index in [1.54, 1.807) is 12.1 Å². The Morgan fingerprint density at radius 3 is 2.56 bits per heavy atom. The number of unbranched alkanes of at least 4 members (excludes halogenated alkanes) is 2. The third-order valence-corrected chi connectivity index (χ3v) is 12.5. The van der Waals surface area contributed by atoms with Crippen LogP contribution >= 0.6 is 11.8 Å². The molecule has 270 valence electrons. The first-order chi connectivity index (χ1) is 24.5. The summed E-state index contributed by atoms with van der Waals surface area (Å²) in [7, 11) is 0. The van der Waals surface area contributed by atoms with Crippen molar-refractivity contribution in [1.29, 1.82) is 0 Å². The molecule has 0 unspecified atom stereocenters. The number of aliphatic hydroxyl groups is 2. The summed E-state index contributed by atoms with van der Waals surface area (Å²) in [6.07, 6.45) is 15.8. The Bertz CT molecular complexity index is 1520. The first kappa shape index (κ1) is 36.7. The van der Waals surface area contributed by atoms with E-state index in [1.165, 1.54) is 25.7 Å². The number of thioether (sulfide) groups is 1. The lowest BCUT2D eigenvalue weighted by atomic mass is 9.56. The predicted molar refractivity (Wildman–Crippen MR) is 198 cm³/mol. The molecule has 3 aliphatic carbocycles. The Kier molecular flexibility index (Phi) is 12.8. The smallest absolute Gasteiger partial charge is 0.230 e. The fourth-order valence-electron chi connectivity index (χ4n) is 8.69. The van der Waals surface area contributed by atoms with Crippen LogP contribution in [0.15, 0.2) is 71.9 Å². The van der Waals surface area contributed by atoms with Gasteiger partial charge in [-0.1, -0.05) is 55.1 Å². The lowest BCUT2D eigenvalue weighted by molar-refractivity contribution is -0.223. The molecule has 0 spiro atoms. The molecule has 9 heteroatoms. The first-order valence-corrected chi connectivity index (χ1v) is 19.6. The molecule has 2 N–H and O–H groups in total. The van der Waals surface area contributed by atoms with Crippen molar-refractivity contribution in [2.45, 2.75) is 99.8 Å².